The Bertz CT molecular complexity index is 896. The van der Waals surface area contributed by atoms with Crippen LogP contribution in [0, 0.1) is 0 Å². The van der Waals surface area contributed by atoms with Crippen molar-refractivity contribution in [1.82, 2.24) is 15.3 Å². The molecule has 2 rings (SSSR count). The summed E-state index contributed by atoms with van der Waals surface area (Å²) in [6.45, 7) is 5.00. The summed E-state index contributed by atoms with van der Waals surface area (Å²) in [5.41, 5.74) is -0.0682. The second-order valence-electron chi connectivity index (χ2n) is 6.22. The minimum Gasteiger partial charge on any atom is -0.406 e. The fraction of sp³-hybridized carbons (Fsp3) is 0.421. The number of halogens is 3. The van der Waals surface area contributed by atoms with E-state index in [1.54, 1.807) is 4.90 Å². The average molecular weight is 428 g/mol. The fourth-order valence-corrected chi connectivity index (χ4v) is 2.76. The highest BCUT2D eigenvalue weighted by Crippen LogP contribution is 2.24. The number of methoxy groups -OCH3 is 1. The Morgan fingerprint density at radius 3 is 2.40 bits per heavy atom. The van der Waals surface area contributed by atoms with Crippen molar-refractivity contribution in [3.63, 3.8) is 0 Å². The highest BCUT2D eigenvalue weighted by Gasteiger charge is 2.31. The van der Waals surface area contributed by atoms with Gasteiger partial charge < -0.3 is 19.7 Å². The first-order valence-electron chi connectivity index (χ1n) is 9.18. The molecule has 0 fully saturated rings. The normalized spacial score (nSPS) is 12.3. The summed E-state index contributed by atoms with van der Waals surface area (Å²) in [4.78, 5) is 33.2. The van der Waals surface area contributed by atoms with Crippen molar-refractivity contribution in [3.8, 4) is 5.75 Å². The third kappa shape index (κ3) is 6.48. The molecule has 11 heteroatoms. The highest BCUT2D eigenvalue weighted by atomic mass is 19.4. The lowest BCUT2D eigenvalue weighted by Gasteiger charge is -2.21. The molecule has 0 saturated carbocycles. The van der Waals surface area contributed by atoms with E-state index in [1.807, 2.05) is 13.8 Å². The molecule has 0 aliphatic carbocycles. The van der Waals surface area contributed by atoms with Gasteiger partial charge in [0.1, 0.15) is 11.4 Å². The zero-order chi connectivity index (χ0) is 22.3. The standard InChI is InChI=1S/C19H23F3N4O4/c1-4-26(5-2)18-24-14(10-16(27)25-18)17(28)23-15(11-29-3)12-6-8-13(9-7-12)30-19(20,21)22/h6-10,15H,4-5,11H2,1-3H3,(H,23,28)(H,24,25,27)/t15-/m1/s1. The van der Waals surface area contributed by atoms with Crippen LogP contribution in [-0.2, 0) is 4.74 Å². The molecule has 0 radical (unpaired) electrons. The van der Waals surface area contributed by atoms with Crippen LogP contribution in [0.3, 0.4) is 0 Å². The van der Waals surface area contributed by atoms with Gasteiger partial charge in [0.15, 0.2) is 0 Å². The van der Waals surface area contributed by atoms with Crippen LogP contribution in [0.5, 0.6) is 5.75 Å². The molecule has 1 heterocycles. The van der Waals surface area contributed by atoms with E-state index >= 15 is 0 Å². The number of rotatable bonds is 9. The molecule has 0 bridgehead atoms. The van der Waals surface area contributed by atoms with Gasteiger partial charge in [-0.25, -0.2) is 4.98 Å². The van der Waals surface area contributed by atoms with Crippen molar-refractivity contribution in [2.24, 2.45) is 0 Å². The minimum absolute atomic E-state index is 0.0529. The Balaban J connectivity index is 2.22. The first-order chi connectivity index (χ1) is 14.2. The molecule has 1 atom stereocenters. The van der Waals surface area contributed by atoms with Gasteiger partial charge in [-0.3, -0.25) is 14.6 Å². The zero-order valence-corrected chi connectivity index (χ0v) is 16.7. The third-order valence-corrected chi connectivity index (χ3v) is 4.18. The van der Waals surface area contributed by atoms with E-state index in [0.29, 0.717) is 18.7 Å². The van der Waals surface area contributed by atoms with Gasteiger partial charge in [-0.1, -0.05) is 12.1 Å². The molecule has 2 N–H and O–H groups in total. The maximum atomic E-state index is 12.7. The van der Waals surface area contributed by atoms with Crippen molar-refractivity contribution in [1.29, 1.82) is 0 Å². The van der Waals surface area contributed by atoms with E-state index in [0.717, 1.165) is 18.2 Å². The minimum atomic E-state index is -4.80. The maximum Gasteiger partial charge on any atom is 0.573 e. The van der Waals surface area contributed by atoms with Crippen LogP contribution in [0.4, 0.5) is 19.1 Å². The van der Waals surface area contributed by atoms with E-state index < -0.39 is 23.9 Å². The Hall–Kier alpha value is -3.08. The van der Waals surface area contributed by atoms with Crippen molar-refractivity contribution in [2.75, 3.05) is 31.7 Å². The number of carbonyl (C=O) groups is 1. The Morgan fingerprint density at radius 2 is 1.87 bits per heavy atom. The molecule has 0 unspecified atom stereocenters. The van der Waals surface area contributed by atoms with Crippen LogP contribution in [-0.4, -0.2) is 49.0 Å². The first kappa shape index (κ1) is 23.2. The average Bonchev–Trinajstić information content (AvgIpc) is 2.67. The van der Waals surface area contributed by atoms with Crippen molar-refractivity contribution in [3.05, 3.63) is 51.9 Å². The van der Waals surface area contributed by atoms with Crippen LogP contribution in [0.2, 0.25) is 0 Å². The number of hydrogen-bond donors (Lipinski definition) is 2. The number of hydrogen-bond acceptors (Lipinski definition) is 6. The number of amides is 1. The van der Waals surface area contributed by atoms with Crippen LogP contribution in [0.1, 0.15) is 35.9 Å². The molecule has 0 aliphatic rings. The van der Waals surface area contributed by atoms with Crippen LogP contribution < -0.4 is 20.5 Å². The van der Waals surface area contributed by atoms with Gasteiger partial charge >= 0.3 is 6.36 Å². The molecule has 0 aliphatic heterocycles. The lowest BCUT2D eigenvalue weighted by molar-refractivity contribution is -0.274. The second-order valence-corrected chi connectivity index (χ2v) is 6.22. The number of H-pyrrole nitrogens is 1. The van der Waals surface area contributed by atoms with Gasteiger partial charge in [-0.05, 0) is 31.5 Å². The van der Waals surface area contributed by atoms with Crippen LogP contribution in [0.15, 0.2) is 35.1 Å². The topological polar surface area (TPSA) is 96.6 Å². The number of ether oxygens (including phenoxy) is 2. The summed E-state index contributed by atoms with van der Waals surface area (Å²) >= 11 is 0. The predicted octanol–water partition coefficient (Wildman–Crippen LogP) is 2.63. The number of anilines is 1. The smallest absolute Gasteiger partial charge is 0.406 e. The number of nitrogens with one attached hydrogen (secondary N) is 2. The van der Waals surface area contributed by atoms with Crippen molar-refractivity contribution >= 4 is 11.9 Å². The molecule has 8 nitrogen and oxygen atoms in total. The summed E-state index contributed by atoms with van der Waals surface area (Å²) in [5, 5.41) is 2.69. The SMILES string of the molecule is CCN(CC)c1nc(C(=O)N[C@H](COC)c2ccc(OC(F)(F)F)cc2)cc(=O)[nH]1. The molecule has 1 aromatic heterocycles. The van der Waals surface area contributed by atoms with Gasteiger partial charge in [0.25, 0.3) is 11.5 Å². The molecule has 30 heavy (non-hydrogen) atoms. The molecule has 0 saturated heterocycles. The summed E-state index contributed by atoms with van der Waals surface area (Å²) in [6.07, 6.45) is -4.80. The van der Waals surface area contributed by atoms with E-state index in [2.05, 4.69) is 20.0 Å². The Morgan fingerprint density at radius 1 is 1.23 bits per heavy atom. The summed E-state index contributed by atoms with van der Waals surface area (Å²) in [6, 6.07) is 5.45. The van der Waals surface area contributed by atoms with Gasteiger partial charge in [-0.15, -0.1) is 13.2 Å². The molecule has 2 aromatic rings. The Labute approximate surface area is 171 Å². The zero-order valence-electron chi connectivity index (χ0n) is 16.7. The number of alkyl halides is 3. The maximum absolute atomic E-state index is 12.7. The first-order valence-corrected chi connectivity index (χ1v) is 9.18. The second kappa shape index (κ2) is 10.1. The molecular formula is C19H23F3N4O4. The van der Waals surface area contributed by atoms with E-state index in [1.165, 1.54) is 19.2 Å². The summed E-state index contributed by atoms with van der Waals surface area (Å²) in [5.74, 6) is -0.726. The van der Waals surface area contributed by atoms with Crippen LogP contribution in [0.25, 0.3) is 0 Å². The van der Waals surface area contributed by atoms with Gasteiger partial charge in [-0.2, -0.15) is 0 Å². The molecule has 164 valence electrons. The number of aromatic amines is 1. The summed E-state index contributed by atoms with van der Waals surface area (Å²) in [7, 11) is 1.42. The third-order valence-electron chi connectivity index (χ3n) is 4.18. The van der Waals surface area contributed by atoms with Crippen molar-refractivity contribution in [2.45, 2.75) is 26.3 Å². The monoisotopic (exact) mass is 428 g/mol. The molecule has 1 amide bonds. The number of nitrogens with zero attached hydrogens (tertiary/aromatic N) is 2. The number of carbonyl (C=O) groups excluding carboxylic acids is 1. The quantitative estimate of drug-likeness (QED) is 0.638. The number of aromatic nitrogens is 2. The highest BCUT2D eigenvalue weighted by molar-refractivity contribution is 5.92. The largest absolute Gasteiger partial charge is 0.573 e. The summed E-state index contributed by atoms with van der Waals surface area (Å²) < 4.78 is 45.9. The van der Waals surface area contributed by atoms with E-state index in [9.17, 15) is 22.8 Å². The van der Waals surface area contributed by atoms with Gasteiger partial charge in [0.05, 0.1) is 12.6 Å². The molecule has 1 aromatic carbocycles. The van der Waals surface area contributed by atoms with Gasteiger partial charge in [0.2, 0.25) is 5.95 Å². The number of benzene rings is 1. The van der Waals surface area contributed by atoms with E-state index in [-0.39, 0.29) is 24.0 Å². The van der Waals surface area contributed by atoms with Crippen LogP contribution >= 0.6 is 0 Å². The fourth-order valence-electron chi connectivity index (χ4n) is 2.76. The lowest BCUT2D eigenvalue weighted by Crippen LogP contribution is -2.34. The van der Waals surface area contributed by atoms with Crippen molar-refractivity contribution < 1.29 is 27.4 Å². The lowest BCUT2D eigenvalue weighted by atomic mass is 10.1. The van der Waals surface area contributed by atoms with Gasteiger partial charge in [0, 0.05) is 26.3 Å². The van der Waals surface area contributed by atoms with E-state index in [4.69, 9.17) is 4.74 Å². The predicted molar refractivity (Wildman–Crippen MR) is 104 cm³/mol. The molecule has 0 spiro atoms. The Kier molecular flexibility index (Phi) is 7.81. The molecular weight excluding hydrogens is 405 g/mol.